The minimum Gasteiger partial charge on any atom is -0.373 e. The van der Waals surface area contributed by atoms with Crippen molar-refractivity contribution in [3.05, 3.63) is 33.2 Å². The lowest BCUT2D eigenvalue weighted by atomic mass is 10.1. The van der Waals surface area contributed by atoms with Gasteiger partial charge in [0.1, 0.15) is 11.6 Å². The number of hydrogen-bond acceptors (Lipinski definition) is 6. The standard InChI is InChI=1S/C17H23N5OS/c1-10-15(24-12(3)19-10)9-17(23)22-7-5-6-14(22)13-8-16(18-4)21-11(2)20-13/h8,14H,5-7,9H2,1-4H3,(H,18,20,21). The van der Waals surface area contributed by atoms with Gasteiger partial charge in [-0.25, -0.2) is 15.0 Å². The molecule has 1 atom stereocenters. The number of aryl methyl sites for hydroxylation is 3. The zero-order chi connectivity index (χ0) is 17.3. The Morgan fingerprint density at radius 3 is 2.79 bits per heavy atom. The van der Waals surface area contributed by atoms with Crippen molar-refractivity contribution in [2.45, 2.75) is 46.1 Å². The lowest BCUT2D eigenvalue weighted by molar-refractivity contribution is -0.131. The Hall–Kier alpha value is -2.02. The summed E-state index contributed by atoms with van der Waals surface area (Å²) in [5.41, 5.74) is 1.90. The quantitative estimate of drug-likeness (QED) is 0.922. The summed E-state index contributed by atoms with van der Waals surface area (Å²) in [6, 6.07) is 1.99. The molecule has 1 fully saturated rings. The fraction of sp³-hybridized carbons (Fsp3) is 0.529. The summed E-state index contributed by atoms with van der Waals surface area (Å²) in [4.78, 5) is 29.2. The van der Waals surface area contributed by atoms with Crippen molar-refractivity contribution in [3.8, 4) is 0 Å². The topological polar surface area (TPSA) is 71.0 Å². The number of carbonyl (C=O) groups is 1. The van der Waals surface area contributed by atoms with E-state index in [1.807, 2.05) is 38.8 Å². The molecule has 0 spiro atoms. The van der Waals surface area contributed by atoms with Crippen LogP contribution >= 0.6 is 11.3 Å². The van der Waals surface area contributed by atoms with Crippen LogP contribution in [-0.4, -0.2) is 39.4 Å². The number of hydrogen-bond donors (Lipinski definition) is 1. The first kappa shape index (κ1) is 16.8. The van der Waals surface area contributed by atoms with E-state index in [0.29, 0.717) is 6.42 Å². The lowest BCUT2D eigenvalue weighted by Crippen LogP contribution is -2.32. The number of aromatic nitrogens is 3. The van der Waals surface area contributed by atoms with Crippen LogP contribution in [0.5, 0.6) is 0 Å². The van der Waals surface area contributed by atoms with Gasteiger partial charge in [-0.3, -0.25) is 4.79 Å². The number of thiazole rings is 1. The second-order valence-corrected chi connectivity index (χ2v) is 7.43. The zero-order valence-corrected chi connectivity index (χ0v) is 15.4. The smallest absolute Gasteiger partial charge is 0.228 e. The summed E-state index contributed by atoms with van der Waals surface area (Å²) in [5.74, 6) is 1.68. The molecule has 0 aromatic carbocycles. The fourth-order valence-corrected chi connectivity index (χ4v) is 4.17. The molecule has 1 amide bonds. The van der Waals surface area contributed by atoms with Gasteiger partial charge >= 0.3 is 0 Å². The van der Waals surface area contributed by atoms with Crippen LogP contribution < -0.4 is 5.32 Å². The predicted octanol–water partition coefficient (Wildman–Crippen LogP) is 2.81. The van der Waals surface area contributed by atoms with E-state index in [9.17, 15) is 4.79 Å². The maximum absolute atomic E-state index is 12.8. The van der Waals surface area contributed by atoms with E-state index >= 15 is 0 Å². The first-order valence-electron chi connectivity index (χ1n) is 8.23. The summed E-state index contributed by atoms with van der Waals surface area (Å²) >= 11 is 1.61. The van der Waals surface area contributed by atoms with Crippen LogP contribution in [0, 0.1) is 20.8 Å². The molecule has 24 heavy (non-hydrogen) atoms. The molecule has 3 heterocycles. The first-order chi connectivity index (χ1) is 11.5. The summed E-state index contributed by atoms with van der Waals surface area (Å²) in [6.45, 7) is 6.63. The SMILES string of the molecule is CNc1cc(C2CCCN2C(=O)Cc2sc(C)nc2C)nc(C)n1. The zero-order valence-electron chi connectivity index (χ0n) is 14.6. The Labute approximate surface area is 146 Å². The molecule has 1 saturated heterocycles. The van der Waals surface area contributed by atoms with Gasteiger partial charge in [0.25, 0.3) is 0 Å². The molecule has 1 unspecified atom stereocenters. The Kier molecular flexibility index (Phi) is 4.80. The van der Waals surface area contributed by atoms with Crippen LogP contribution in [-0.2, 0) is 11.2 Å². The average molecular weight is 345 g/mol. The van der Waals surface area contributed by atoms with Crippen molar-refractivity contribution in [3.63, 3.8) is 0 Å². The van der Waals surface area contributed by atoms with E-state index in [0.717, 1.165) is 52.3 Å². The van der Waals surface area contributed by atoms with Gasteiger partial charge in [0.15, 0.2) is 0 Å². The molecule has 128 valence electrons. The largest absolute Gasteiger partial charge is 0.373 e. The van der Waals surface area contributed by atoms with Crippen LogP contribution in [0.4, 0.5) is 5.82 Å². The number of carbonyl (C=O) groups excluding carboxylic acids is 1. The van der Waals surface area contributed by atoms with Crippen LogP contribution in [0.15, 0.2) is 6.07 Å². The van der Waals surface area contributed by atoms with Gasteiger partial charge in [0, 0.05) is 24.5 Å². The van der Waals surface area contributed by atoms with Crippen molar-refractivity contribution in [2.24, 2.45) is 0 Å². The predicted molar refractivity (Wildman–Crippen MR) is 95.3 cm³/mol. The number of nitrogens with one attached hydrogen (secondary N) is 1. The average Bonchev–Trinajstić information content (AvgIpc) is 3.13. The molecule has 0 bridgehead atoms. The highest BCUT2D eigenvalue weighted by molar-refractivity contribution is 7.11. The van der Waals surface area contributed by atoms with Crippen molar-refractivity contribution in [1.29, 1.82) is 0 Å². The highest BCUT2D eigenvalue weighted by atomic mass is 32.1. The van der Waals surface area contributed by atoms with Gasteiger partial charge in [-0.15, -0.1) is 11.3 Å². The Balaban J connectivity index is 1.81. The second kappa shape index (κ2) is 6.84. The highest BCUT2D eigenvalue weighted by Gasteiger charge is 2.31. The number of rotatable bonds is 4. The summed E-state index contributed by atoms with van der Waals surface area (Å²) < 4.78 is 0. The normalized spacial score (nSPS) is 17.3. The summed E-state index contributed by atoms with van der Waals surface area (Å²) in [6.07, 6.45) is 2.39. The molecule has 0 saturated carbocycles. The van der Waals surface area contributed by atoms with Crippen LogP contribution in [0.2, 0.25) is 0 Å². The van der Waals surface area contributed by atoms with Crippen molar-refractivity contribution in [2.75, 3.05) is 18.9 Å². The summed E-state index contributed by atoms with van der Waals surface area (Å²) in [5, 5.41) is 4.08. The maximum atomic E-state index is 12.8. The molecule has 1 aliphatic heterocycles. The Bertz CT molecular complexity index is 757. The van der Waals surface area contributed by atoms with Crippen molar-refractivity contribution in [1.82, 2.24) is 19.9 Å². The third-order valence-electron chi connectivity index (χ3n) is 4.34. The van der Waals surface area contributed by atoms with E-state index in [-0.39, 0.29) is 11.9 Å². The number of amides is 1. The Morgan fingerprint density at radius 1 is 1.33 bits per heavy atom. The molecule has 1 aliphatic rings. The van der Waals surface area contributed by atoms with E-state index in [1.165, 1.54) is 0 Å². The molecular weight excluding hydrogens is 322 g/mol. The van der Waals surface area contributed by atoms with Gasteiger partial charge < -0.3 is 10.2 Å². The van der Waals surface area contributed by atoms with Gasteiger partial charge in [-0.1, -0.05) is 0 Å². The van der Waals surface area contributed by atoms with Gasteiger partial charge in [0.05, 0.1) is 28.9 Å². The molecule has 3 rings (SSSR count). The fourth-order valence-electron chi connectivity index (χ4n) is 3.24. The van der Waals surface area contributed by atoms with Crippen molar-refractivity contribution >= 4 is 23.1 Å². The van der Waals surface area contributed by atoms with E-state index in [1.54, 1.807) is 11.3 Å². The van der Waals surface area contributed by atoms with Crippen LogP contribution in [0.25, 0.3) is 0 Å². The third kappa shape index (κ3) is 3.40. The number of likely N-dealkylation sites (tertiary alicyclic amines) is 1. The first-order valence-corrected chi connectivity index (χ1v) is 9.05. The minimum atomic E-state index is 0.0422. The molecule has 7 heteroatoms. The lowest BCUT2D eigenvalue weighted by Gasteiger charge is -2.24. The van der Waals surface area contributed by atoms with Gasteiger partial charge in [-0.2, -0.15) is 0 Å². The van der Waals surface area contributed by atoms with Gasteiger partial charge in [0.2, 0.25) is 5.91 Å². The monoisotopic (exact) mass is 345 g/mol. The summed E-state index contributed by atoms with van der Waals surface area (Å²) in [7, 11) is 1.85. The second-order valence-electron chi connectivity index (χ2n) is 6.14. The molecule has 0 radical (unpaired) electrons. The Morgan fingerprint density at radius 2 is 2.12 bits per heavy atom. The molecular formula is C17H23N5OS. The minimum absolute atomic E-state index is 0.0422. The molecule has 2 aromatic heterocycles. The number of anilines is 1. The maximum Gasteiger partial charge on any atom is 0.228 e. The number of nitrogens with zero attached hydrogens (tertiary/aromatic N) is 4. The molecule has 0 aliphatic carbocycles. The molecule has 6 nitrogen and oxygen atoms in total. The van der Waals surface area contributed by atoms with Crippen LogP contribution in [0.1, 0.15) is 46.0 Å². The van der Waals surface area contributed by atoms with E-state index < -0.39 is 0 Å². The van der Waals surface area contributed by atoms with Crippen molar-refractivity contribution < 1.29 is 4.79 Å². The highest BCUT2D eigenvalue weighted by Crippen LogP contribution is 2.32. The van der Waals surface area contributed by atoms with Crippen LogP contribution in [0.3, 0.4) is 0 Å². The molecule has 1 N–H and O–H groups in total. The molecule has 2 aromatic rings. The third-order valence-corrected chi connectivity index (χ3v) is 5.41. The van der Waals surface area contributed by atoms with E-state index in [4.69, 9.17) is 0 Å². The van der Waals surface area contributed by atoms with E-state index in [2.05, 4.69) is 20.3 Å². The van der Waals surface area contributed by atoms with Gasteiger partial charge in [-0.05, 0) is 33.6 Å².